The van der Waals surface area contributed by atoms with E-state index in [1.54, 1.807) is 16.8 Å². The Morgan fingerprint density at radius 3 is 2.70 bits per heavy atom. The predicted octanol–water partition coefficient (Wildman–Crippen LogP) is 3.22. The number of benzene rings is 1. The number of hydrogen-bond acceptors (Lipinski definition) is 3. The number of hydrogen-bond donors (Lipinski definition) is 1. The molecule has 1 aliphatic carbocycles. The van der Waals surface area contributed by atoms with E-state index in [4.69, 9.17) is 17.3 Å². The largest absolute Gasteiger partial charge is 0.330 e. The van der Waals surface area contributed by atoms with Gasteiger partial charge in [-0.1, -0.05) is 23.7 Å². The summed E-state index contributed by atoms with van der Waals surface area (Å²) in [6, 6.07) is 11.5. The zero-order chi connectivity index (χ0) is 16.4. The molecular formula is C18H22ClN3O. The van der Waals surface area contributed by atoms with E-state index in [0.29, 0.717) is 6.54 Å². The van der Waals surface area contributed by atoms with Crippen LogP contribution in [-0.2, 0) is 5.41 Å². The third-order valence-electron chi connectivity index (χ3n) is 5.04. The van der Waals surface area contributed by atoms with Gasteiger partial charge in [0, 0.05) is 23.0 Å². The molecule has 0 atom stereocenters. The van der Waals surface area contributed by atoms with Crippen molar-refractivity contribution in [3.8, 4) is 0 Å². The van der Waals surface area contributed by atoms with Gasteiger partial charge in [0.2, 0.25) is 0 Å². The van der Waals surface area contributed by atoms with Crippen LogP contribution in [0.2, 0.25) is 5.02 Å². The minimum atomic E-state index is -0.0468. The SMILES string of the molecule is Cc1ccc(=O)n(C2CCC(CN)(c3cccc(Cl)c3)CC2)n1. The van der Waals surface area contributed by atoms with Crippen molar-refractivity contribution >= 4 is 11.6 Å². The van der Waals surface area contributed by atoms with Crippen molar-refractivity contribution in [1.29, 1.82) is 0 Å². The van der Waals surface area contributed by atoms with Crippen LogP contribution < -0.4 is 11.3 Å². The first-order valence-corrected chi connectivity index (χ1v) is 8.44. The third kappa shape index (κ3) is 3.19. The second kappa shape index (κ2) is 6.46. The molecule has 4 nitrogen and oxygen atoms in total. The molecule has 1 fully saturated rings. The first kappa shape index (κ1) is 16.2. The maximum atomic E-state index is 12.1. The van der Waals surface area contributed by atoms with Crippen LogP contribution in [0.5, 0.6) is 0 Å². The summed E-state index contributed by atoms with van der Waals surface area (Å²) in [6.07, 6.45) is 3.69. The molecule has 2 aromatic rings. The van der Waals surface area contributed by atoms with Crippen LogP contribution >= 0.6 is 11.6 Å². The van der Waals surface area contributed by atoms with Gasteiger partial charge in [-0.2, -0.15) is 5.10 Å². The fraction of sp³-hybridized carbons (Fsp3) is 0.444. The maximum Gasteiger partial charge on any atom is 0.267 e. The molecule has 1 aliphatic rings. The lowest BCUT2D eigenvalue weighted by Crippen LogP contribution is -2.41. The Kier molecular flexibility index (Phi) is 4.55. The van der Waals surface area contributed by atoms with Crippen molar-refractivity contribution in [2.75, 3.05) is 6.54 Å². The molecule has 1 heterocycles. The van der Waals surface area contributed by atoms with E-state index in [0.717, 1.165) is 36.4 Å². The van der Waals surface area contributed by atoms with Crippen LogP contribution in [0.3, 0.4) is 0 Å². The standard InChI is InChI=1S/C18H22ClN3O/c1-13-5-6-17(23)22(21-13)16-7-9-18(12-20,10-8-16)14-3-2-4-15(19)11-14/h2-6,11,16H,7-10,12,20H2,1H3. The first-order chi connectivity index (χ1) is 11.0. The second-order valence-corrected chi connectivity index (χ2v) is 6.92. The predicted molar refractivity (Wildman–Crippen MR) is 92.9 cm³/mol. The molecule has 0 saturated heterocycles. The first-order valence-electron chi connectivity index (χ1n) is 8.07. The molecule has 122 valence electrons. The Hall–Kier alpha value is -1.65. The molecule has 1 aromatic heterocycles. The summed E-state index contributed by atoms with van der Waals surface area (Å²) in [7, 11) is 0. The van der Waals surface area contributed by atoms with Gasteiger partial charge in [-0.3, -0.25) is 4.79 Å². The van der Waals surface area contributed by atoms with E-state index >= 15 is 0 Å². The summed E-state index contributed by atoms with van der Waals surface area (Å²) >= 11 is 6.15. The smallest absolute Gasteiger partial charge is 0.267 e. The van der Waals surface area contributed by atoms with E-state index in [9.17, 15) is 4.79 Å². The normalized spacial score (nSPS) is 24.6. The number of aryl methyl sites for hydroxylation is 1. The summed E-state index contributed by atoms with van der Waals surface area (Å²) in [5.41, 5.74) is 8.13. The van der Waals surface area contributed by atoms with Gasteiger partial charge in [-0.15, -0.1) is 0 Å². The number of aromatic nitrogens is 2. The van der Waals surface area contributed by atoms with Crippen molar-refractivity contribution in [2.24, 2.45) is 5.73 Å². The Morgan fingerprint density at radius 2 is 2.04 bits per heavy atom. The zero-order valence-electron chi connectivity index (χ0n) is 13.3. The highest BCUT2D eigenvalue weighted by molar-refractivity contribution is 6.30. The molecule has 0 amide bonds. The van der Waals surface area contributed by atoms with Gasteiger partial charge in [0.25, 0.3) is 5.56 Å². The summed E-state index contributed by atoms with van der Waals surface area (Å²) in [6.45, 7) is 2.51. The Labute approximate surface area is 141 Å². The van der Waals surface area contributed by atoms with Crippen molar-refractivity contribution in [1.82, 2.24) is 9.78 Å². The number of nitrogens with two attached hydrogens (primary N) is 1. The van der Waals surface area contributed by atoms with E-state index in [1.807, 2.05) is 25.1 Å². The van der Waals surface area contributed by atoms with Crippen LogP contribution in [0.25, 0.3) is 0 Å². The number of halogens is 1. The van der Waals surface area contributed by atoms with Crippen molar-refractivity contribution < 1.29 is 0 Å². The van der Waals surface area contributed by atoms with E-state index in [2.05, 4.69) is 11.2 Å². The van der Waals surface area contributed by atoms with Gasteiger partial charge in [0.1, 0.15) is 0 Å². The Balaban J connectivity index is 1.84. The molecule has 0 spiro atoms. The van der Waals surface area contributed by atoms with Gasteiger partial charge in [-0.05, 0) is 56.4 Å². The molecule has 5 heteroatoms. The fourth-order valence-corrected chi connectivity index (χ4v) is 3.80. The molecule has 23 heavy (non-hydrogen) atoms. The average Bonchev–Trinajstić information content (AvgIpc) is 2.57. The molecule has 0 unspecified atom stereocenters. The van der Waals surface area contributed by atoms with Crippen LogP contribution in [-0.4, -0.2) is 16.3 Å². The highest BCUT2D eigenvalue weighted by Gasteiger charge is 2.36. The Morgan fingerprint density at radius 1 is 1.30 bits per heavy atom. The molecule has 1 saturated carbocycles. The lowest BCUT2D eigenvalue weighted by Gasteiger charge is -2.40. The second-order valence-electron chi connectivity index (χ2n) is 6.48. The molecule has 3 rings (SSSR count). The highest BCUT2D eigenvalue weighted by atomic mass is 35.5. The number of rotatable bonds is 3. The van der Waals surface area contributed by atoms with E-state index in [-0.39, 0.29) is 17.0 Å². The monoisotopic (exact) mass is 331 g/mol. The van der Waals surface area contributed by atoms with Crippen LogP contribution in [0.4, 0.5) is 0 Å². The van der Waals surface area contributed by atoms with Gasteiger partial charge in [-0.25, -0.2) is 4.68 Å². The van der Waals surface area contributed by atoms with E-state index < -0.39 is 0 Å². The minimum absolute atomic E-state index is 0.0244. The number of nitrogens with zero attached hydrogens (tertiary/aromatic N) is 2. The summed E-state index contributed by atoms with van der Waals surface area (Å²) in [5, 5.41) is 5.15. The molecule has 0 bridgehead atoms. The topological polar surface area (TPSA) is 60.9 Å². The van der Waals surface area contributed by atoms with Crippen molar-refractivity contribution in [3.05, 3.63) is 63.0 Å². The molecule has 1 aromatic carbocycles. The van der Waals surface area contributed by atoms with Crippen LogP contribution in [0, 0.1) is 6.92 Å². The van der Waals surface area contributed by atoms with Crippen LogP contribution in [0.15, 0.2) is 41.2 Å². The molecule has 0 radical (unpaired) electrons. The molecule has 0 aliphatic heterocycles. The molecule has 2 N–H and O–H groups in total. The molecular weight excluding hydrogens is 310 g/mol. The van der Waals surface area contributed by atoms with Gasteiger partial charge in [0.05, 0.1) is 11.7 Å². The summed E-state index contributed by atoms with van der Waals surface area (Å²) < 4.78 is 1.65. The quantitative estimate of drug-likeness (QED) is 0.939. The Bertz CT molecular complexity index is 748. The van der Waals surface area contributed by atoms with E-state index in [1.165, 1.54) is 5.56 Å². The highest BCUT2D eigenvalue weighted by Crippen LogP contribution is 2.42. The van der Waals surface area contributed by atoms with Gasteiger partial charge < -0.3 is 5.73 Å². The average molecular weight is 332 g/mol. The zero-order valence-corrected chi connectivity index (χ0v) is 14.1. The third-order valence-corrected chi connectivity index (χ3v) is 5.28. The van der Waals surface area contributed by atoms with Crippen molar-refractivity contribution in [2.45, 2.75) is 44.1 Å². The van der Waals surface area contributed by atoms with Crippen LogP contribution in [0.1, 0.15) is 43.0 Å². The fourth-order valence-electron chi connectivity index (χ4n) is 3.61. The summed E-state index contributed by atoms with van der Waals surface area (Å²) in [4.78, 5) is 12.1. The van der Waals surface area contributed by atoms with Gasteiger partial charge in [0.15, 0.2) is 0 Å². The summed E-state index contributed by atoms with van der Waals surface area (Å²) in [5.74, 6) is 0. The lowest BCUT2D eigenvalue weighted by molar-refractivity contribution is 0.221. The maximum absolute atomic E-state index is 12.1. The van der Waals surface area contributed by atoms with Crippen molar-refractivity contribution in [3.63, 3.8) is 0 Å². The minimum Gasteiger partial charge on any atom is -0.330 e. The lowest BCUT2D eigenvalue weighted by atomic mass is 9.68. The van der Waals surface area contributed by atoms with Gasteiger partial charge >= 0.3 is 0 Å².